The summed E-state index contributed by atoms with van der Waals surface area (Å²) in [6.07, 6.45) is -1.27. The molecule has 1 aromatic carbocycles. The number of alkyl halides is 3. The van der Waals surface area contributed by atoms with Gasteiger partial charge in [-0.15, -0.1) is 13.2 Å². The van der Waals surface area contributed by atoms with E-state index in [0.29, 0.717) is 11.6 Å². The van der Waals surface area contributed by atoms with Gasteiger partial charge in [0.1, 0.15) is 22.8 Å². The minimum absolute atomic E-state index is 0.0358. The summed E-state index contributed by atoms with van der Waals surface area (Å²) in [5, 5.41) is 2.63. The highest BCUT2D eigenvalue weighted by atomic mass is 19.4. The van der Waals surface area contributed by atoms with E-state index in [4.69, 9.17) is 15.2 Å². The van der Waals surface area contributed by atoms with Crippen LogP contribution in [0.4, 0.5) is 18.9 Å². The Morgan fingerprint density at radius 1 is 1.08 bits per heavy atom. The van der Waals surface area contributed by atoms with E-state index in [0.717, 1.165) is 18.6 Å². The zero-order valence-electron chi connectivity index (χ0n) is 19.1. The highest BCUT2D eigenvalue weighted by molar-refractivity contribution is 6.06. The Morgan fingerprint density at radius 2 is 1.83 bits per heavy atom. The molecule has 9 nitrogen and oxygen atoms in total. The molecule has 1 saturated carbocycles. The predicted molar refractivity (Wildman–Crippen MR) is 121 cm³/mol. The third kappa shape index (κ3) is 5.82. The van der Waals surface area contributed by atoms with Crippen LogP contribution in [0.5, 0.6) is 23.0 Å². The maximum absolute atomic E-state index is 13.1. The summed E-state index contributed by atoms with van der Waals surface area (Å²) in [7, 11) is 1.26. The van der Waals surface area contributed by atoms with E-state index in [1.807, 2.05) is 0 Å². The molecule has 2 aromatic heterocycles. The molecular weight excluding hydrogens is 481 g/mol. The molecule has 0 saturated heterocycles. The largest absolute Gasteiger partial charge is 0.573 e. The Balaban J connectivity index is 1.66. The molecule has 1 unspecified atom stereocenters. The van der Waals surface area contributed by atoms with E-state index in [2.05, 4.69) is 26.9 Å². The minimum atomic E-state index is -4.87. The number of nitrogens with two attached hydrogens (primary N) is 1. The predicted octanol–water partition coefficient (Wildman–Crippen LogP) is 4.65. The summed E-state index contributed by atoms with van der Waals surface area (Å²) in [4.78, 5) is 32.7. The zero-order chi connectivity index (χ0) is 26.0. The molecule has 4 rings (SSSR count). The molecule has 1 aliphatic rings. The summed E-state index contributed by atoms with van der Waals surface area (Å²) >= 11 is 0. The molecule has 188 valence electrons. The number of amides is 2. The molecule has 2 atom stereocenters. The molecule has 12 heteroatoms. The smallest absolute Gasteiger partial charge is 0.493 e. The topological polar surface area (TPSA) is 126 Å². The molecule has 0 radical (unpaired) electrons. The van der Waals surface area contributed by atoms with Gasteiger partial charge >= 0.3 is 6.36 Å². The van der Waals surface area contributed by atoms with Crippen molar-refractivity contribution in [2.45, 2.75) is 25.6 Å². The lowest BCUT2D eigenvalue weighted by Crippen LogP contribution is -2.17. The molecule has 3 aromatic rings. The number of hydrogen-bond acceptors (Lipinski definition) is 7. The Bertz CT molecular complexity index is 1320. The van der Waals surface area contributed by atoms with Crippen LogP contribution in [-0.4, -0.2) is 35.3 Å². The van der Waals surface area contributed by atoms with Crippen LogP contribution in [0.1, 0.15) is 45.8 Å². The normalized spacial score (nSPS) is 16.7. The van der Waals surface area contributed by atoms with Gasteiger partial charge in [0.05, 0.1) is 7.11 Å². The van der Waals surface area contributed by atoms with Crippen molar-refractivity contribution in [3.63, 3.8) is 0 Å². The van der Waals surface area contributed by atoms with Gasteiger partial charge in [-0.2, -0.15) is 0 Å². The summed E-state index contributed by atoms with van der Waals surface area (Å²) in [5.74, 6) is -1.10. The fraction of sp³-hybridized carbons (Fsp3) is 0.250. The first-order valence-electron chi connectivity index (χ1n) is 10.7. The van der Waals surface area contributed by atoms with Crippen molar-refractivity contribution in [2.24, 2.45) is 11.7 Å². The number of hydrogen-bond donors (Lipinski definition) is 2. The van der Waals surface area contributed by atoms with E-state index < -0.39 is 23.9 Å². The number of pyridine rings is 2. The van der Waals surface area contributed by atoms with Crippen molar-refractivity contribution >= 4 is 17.5 Å². The maximum Gasteiger partial charge on any atom is 0.573 e. The van der Waals surface area contributed by atoms with Gasteiger partial charge in [-0.05, 0) is 36.6 Å². The number of anilines is 1. The minimum Gasteiger partial charge on any atom is -0.493 e. The van der Waals surface area contributed by atoms with Crippen molar-refractivity contribution < 1.29 is 37.0 Å². The van der Waals surface area contributed by atoms with Crippen LogP contribution < -0.4 is 25.3 Å². The van der Waals surface area contributed by atoms with E-state index in [1.54, 1.807) is 6.07 Å². The standard InChI is InChI=1S/C24H21F3N4O5/c1-12-7-15(12)17-10-20(35-19-4-3-14(9-21(19)34-2)36-24(25,26)27)16(11-30-17)23(33)31-13-5-6-29-18(8-13)22(28)32/h3-6,8-12,15H,7H2,1-2H3,(H2,28,32)(H,29,31,33)/t12-,15?/m1/s1. The number of carbonyl (C=O) groups is 2. The third-order valence-electron chi connectivity index (χ3n) is 5.48. The van der Waals surface area contributed by atoms with Crippen molar-refractivity contribution in [1.82, 2.24) is 9.97 Å². The Kier molecular flexibility index (Phi) is 6.69. The van der Waals surface area contributed by atoms with Crippen LogP contribution in [0.15, 0.2) is 48.8 Å². The lowest BCUT2D eigenvalue weighted by atomic mass is 10.1. The van der Waals surface area contributed by atoms with Crippen LogP contribution >= 0.6 is 0 Å². The van der Waals surface area contributed by atoms with Gasteiger partial charge in [0.15, 0.2) is 11.5 Å². The van der Waals surface area contributed by atoms with Crippen molar-refractivity contribution in [1.29, 1.82) is 0 Å². The van der Waals surface area contributed by atoms with Crippen LogP contribution in [0, 0.1) is 5.92 Å². The number of halogens is 3. The Morgan fingerprint density at radius 3 is 2.47 bits per heavy atom. The quantitative estimate of drug-likeness (QED) is 0.459. The number of nitrogens with zero attached hydrogens (tertiary/aromatic N) is 2. The number of methoxy groups -OCH3 is 1. The SMILES string of the molecule is COc1cc(OC(F)(F)F)ccc1Oc1cc(C2C[C@H]2C)ncc1C(=O)Nc1ccnc(C(N)=O)c1. The van der Waals surface area contributed by atoms with Crippen LogP contribution in [0.2, 0.25) is 0 Å². The van der Waals surface area contributed by atoms with Gasteiger partial charge < -0.3 is 25.3 Å². The van der Waals surface area contributed by atoms with Gasteiger partial charge in [0.2, 0.25) is 0 Å². The van der Waals surface area contributed by atoms with Crippen molar-refractivity contribution in [3.05, 3.63) is 65.7 Å². The number of rotatable bonds is 8. The second-order valence-electron chi connectivity index (χ2n) is 8.14. The highest BCUT2D eigenvalue weighted by Gasteiger charge is 2.36. The van der Waals surface area contributed by atoms with Crippen molar-refractivity contribution in [2.75, 3.05) is 12.4 Å². The summed E-state index contributed by atoms with van der Waals surface area (Å²) in [6.45, 7) is 2.07. The van der Waals surface area contributed by atoms with Gasteiger partial charge in [-0.1, -0.05) is 6.92 Å². The number of nitrogens with one attached hydrogen (secondary N) is 1. The fourth-order valence-electron chi connectivity index (χ4n) is 3.53. The lowest BCUT2D eigenvalue weighted by molar-refractivity contribution is -0.274. The third-order valence-corrected chi connectivity index (χ3v) is 5.48. The number of aromatic nitrogens is 2. The fourth-order valence-corrected chi connectivity index (χ4v) is 3.53. The highest BCUT2D eigenvalue weighted by Crippen LogP contribution is 2.47. The number of ether oxygens (including phenoxy) is 3. The molecule has 2 heterocycles. The Hall–Kier alpha value is -4.35. The van der Waals surface area contributed by atoms with Crippen LogP contribution in [-0.2, 0) is 0 Å². The molecule has 1 fully saturated rings. The molecule has 0 bridgehead atoms. The molecule has 1 aliphatic carbocycles. The Labute approximate surface area is 203 Å². The number of carbonyl (C=O) groups excluding carboxylic acids is 2. The van der Waals surface area contributed by atoms with Crippen LogP contribution in [0.3, 0.4) is 0 Å². The maximum atomic E-state index is 13.1. The van der Waals surface area contributed by atoms with E-state index >= 15 is 0 Å². The van der Waals surface area contributed by atoms with Crippen molar-refractivity contribution in [3.8, 4) is 23.0 Å². The molecule has 36 heavy (non-hydrogen) atoms. The first kappa shape index (κ1) is 24.8. The molecule has 0 aliphatic heterocycles. The van der Waals surface area contributed by atoms with E-state index in [-0.39, 0.29) is 40.1 Å². The van der Waals surface area contributed by atoms with Gasteiger partial charge in [-0.25, -0.2) is 0 Å². The van der Waals surface area contributed by atoms with Gasteiger partial charge in [0.25, 0.3) is 11.8 Å². The first-order chi connectivity index (χ1) is 17.0. The first-order valence-corrected chi connectivity index (χ1v) is 10.7. The average molecular weight is 502 g/mol. The van der Waals surface area contributed by atoms with Crippen LogP contribution in [0.25, 0.3) is 0 Å². The molecular formula is C24H21F3N4O5. The molecule has 2 amide bonds. The van der Waals surface area contributed by atoms with E-state index in [9.17, 15) is 22.8 Å². The number of primary amides is 1. The molecule has 0 spiro atoms. The second kappa shape index (κ2) is 9.72. The van der Waals surface area contributed by atoms with E-state index in [1.165, 1.54) is 37.7 Å². The lowest BCUT2D eigenvalue weighted by Gasteiger charge is -2.16. The second-order valence-corrected chi connectivity index (χ2v) is 8.14. The summed E-state index contributed by atoms with van der Waals surface area (Å²) < 4.78 is 52.8. The molecule has 3 N–H and O–H groups in total. The van der Waals surface area contributed by atoms with Gasteiger partial charge in [0, 0.05) is 41.8 Å². The number of benzene rings is 1. The average Bonchev–Trinajstić information content (AvgIpc) is 3.55. The monoisotopic (exact) mass is 502 g/mol. The zero-order valence-corrected chi connectivity index (χ0v) is 19.1. The summed E-state index contributed by atoms with van der Waals surface area (Å²) in [5.41, 5.74) is 6.23. The van der Waals surface area contributed by atoms with Gasteiger partial charge in [-0.3, -0.25) is 19.6 Å². The summed E-state index contributed by atoms with van der Waals surface area (Å²) in [6, 6.07) is 7.74.